The fourth-order valence-electron chi connectivity index (χ4n) is 2.61. The van der Waals surface area contributed by atoms with Crippen molar-refractivity contribution in [1.82, 2.24) is 9.97 Å². The number of aromatic nitrogens is 2. The molecule has 1 atom stereocenters. The molecule has 0 fully saturated rings. The first kappa shape index (κ1) is 16.6. The Morgan fingerprint density at radius 3 is 2.76 bits per heavy atom. The van der Waals surface area contributed by atoms with E-state index < -0.39 is 11.9 Å². The molecule has 0 radical (unpaired) electrons. The molecule has 0 spiro atoms. The van der Waals surface area contributed by atoms with E-state index in [1.807, 2.05) is 12.1 Å². The van der Waals surface area contributed by atoms with Gasteiger partial charge in [0.2, 0.25) is 11.8 Å². The number of hydrogen-bond donors (Lipinski definition) is 2. The van der Waals surface area contributed by atoms with Crippen LogP contribution in [0.3, 0.4) is 0 Å². The Bertz CT molecular complexity index is 886. The number of carboxylic acids is 1. The predicted molar refractivity (Wildman–Crippen MR) is 91.2 cm³/mol. The number of nitrogens with one attached hydrogen (secondary N) is 1. The van der Waals surface area contributed by atoms with Gasteiger partial charge in [0, 0.05) is 6.20 Å². The summed E-state index contributed by atoms with van der Waals surface area (Å²) in [6.07, 6.45) is 1.84. The number of pyridine rings is 1. The molecule has 0 saturated heterocycles. The molecule has 1 aromatic carbocycles. The van der Waals surface area contributed by atoms with Crippen molar-refractivity contribution in [3.05, 3.63) is 54.2 Å². The summed E-state index contributed by atoms with van der Waals surface area (Å²) in [5, 5.41) is 12.0. The number of fused-ring (bicyclic) bond motifs is 1. The number of para-hydroxylation sites is 2. The second-order valence-electron chi connectivity index (χ2n) is 5.54. The predicted octanol–water partition coefficient (Wildman–Crippen LogP) is 2.98. The summed E-state index contributed by atoms with van der Waals surface area (Å²) < 4.78 is 5.53. The van der Waals surface area contributed by atoms with Crippen molar-refractivity contribution in [1.29, 1.82) is 0 Å². The smallest absolute Gasteiger partial charge is 0.312 e. The second-order valence-corrected chi connectivity index (χ2v) is 5.54. The summed E-state index contributed by atoms with van der Waals surface area (Å²) in [4.78, 5) is 32.1. The van der Waals surface area contributed by atoms with Gasteiger partial charge in [0.1, 0.15) is 17.9 Å². The summed E-state index contributed by atoms with van der Waals surface area (Å²) in [6, 6.07) is 10.5. The van der Waals surface area contributed by atoms with Gasteiger partial charge in [-0.1, -0.05) is 19.1 Å². The van der Waals surface area contributed by atoms with Gasteiger partial charge in [-0.3, -0.25) is 14.6 Å². The monoisotopic (exact) mass is 339 g/mol. The van der Waals surface area contributed by atoms with Crippen LogP contribution in [-0.2, 0) is 16.0 Å². The van der Waals surface area contributed by atoms with Crippen molar-refractivity contribution in [2.24, 2.45) is 0 Å². The molecule has 0 saturated carbocycles. The van der Waals surface area contributed by atoms with E-state index in [0.29, 0.717) is 34.8 Å². The molecule has 3 aromatic rings. The van der Waals surface area contributed by atoms with E-state index >= 15 is 0 Å². The maximum absolute atomic E-state index is 12.3. The Morgan fingerprint density at radius 2 is 2.04 bits per heavy atom. The van der Waals surface area contributed by atoms with Crippen LogP contribution in [0, 0.1) is 0 Å². The third-order valence-corrected chi connectivity index (χ3v) is 3.80. The van der Waals surface area contributed by atoms with E-state index in [1.54, 1.807) is 31.2 Å². The normalized spacial score (nSPS) is 12.0. The van der Waals surface area contributed by atoms with Crippen LogP contribution in [0.4, 0.5) is 5.69 Å². The summed E-state index contributed by atoms with van der Waals surface area (Å²) >= 11 is 0. The highest BCUT2D eigenvalue weighted by Gasteiger charge is 2.23. The van der Waals surface area contributed by atoms with Crippen LogP contribution in [0.1, 0.15) is 30.8 Å². The third-order valence-electron chi connectivity index (χ3n) is 3.80. The van der Waals surface area contributed by atoms with E-state index in [4.69, 9.17) is 4.42 Å². The van der Waals surface area contributed by atoms with E-state index in [0.717, 1.165) is 0 Å². The molecule has 1 amide bonds. The number of benzene rings is 1. The Kier molecular flexibility index (Phi) is 4.74. The highest BCUT2D eigenvalue weighted by molar-refractivity contribution is 5.93. The van der Waals surface area contributed by atoms with Crippen molar-refractivity contribution < 1.29 is 19.1 Å². The topological polar surface area (TPSA) is 105 Å². The van der Waals surface area contributed by atoms with Crippen LogP contribution in [0.5, 0.6) is 0 Å². The maximum Gasteiger partial charge on any atom is 0.312 e. The number of amides is 1. The van der Waals surface area contributed by atoms with Crippen molar-refractivity contribution >= 4 is 28.7 Å². The van der Waals surface area contributed by atoms with Gasteiger partial charge in [-0.05, 0) is 30.7 Å². The zero-order valence-corrected chi connectivity index (χ0v) is 13.6. The van der Waals surface area contributed by atoms with Crippen molar-refractivity contribution in [2.45, 2.75) is 25.7 Å². The molecule has 0 aliphatic heterocycles. The molecule has 1 unspecified atom stereocenters. The maximum atomic E-state index is 12.3. The van der Waals surface area contributed by atoms with Crippen molar-refractivity contribution in [3.8, 4) is 0 Å². The highest BCUT2D eigenvalue weighted by atomic mass is 16.4. The highest BCUT2D eigenvalue weighted by Crippen LogP contribution is 2.25. The molecular formula is C18H17N3O4. The lowest BCUT2D eigenvalue weighted by molar-refractivity contribution is -0.139. The Labute approximate surface area is 143 Å². The van der Waals surface area contributed by atoms with Gasteiger partial charge in [0.25, 0.3) is 0 Å². The molecule has 7 nitrogen and oxygen atoms in total. The van der Waals surface area contributed by atoms with Crippen LogP contribution in [0.15, 0.2) is 47.0 Å². The SMILES string of the molecule is CCC(C(=O)O)c1ncccc1NC(=O)Cc1nc2ccccc2o1. The minimum atomic E-state index is -0.976. The number of nitrogens with zero attached hydrogens (tertiary/aromatic N) is 2. The minimum Gasteiger partial charge on any atom is -0.481 e. The lowest BCUT2D eigenvalue weighted by Gasteiger charge is -2.14. The average molecular weight is 339 g/mol. The fraction of sp³-hybridized carbons (Fsp3) is 0.222. The van der Waals surface area contributed by atoms with Crippen LogP contribution in [-0.4, -0.2) is 27.0 Å². The molecule has 2 heterocycles. The van der Waals surface area contributed by atoms with Crippen LogP contribution >= 0.6 is 0 Å². The second kappa shape index (κ2) is 7.12. The van der Waals surface area contributed by atoms with E-state index in [-0.39, 0.29) is 12.3 Å². The molecule has 7 heteroatoms. The molecule has 0 aliphatic carbocycles. The first-order chi connectivity index (χ1) is 12.1. The minimum absolute atomic E-state index is 0.0487. The molecule has 25 heavy (non-hydrogen) atoms. The molecule has 0 aliphatic rings. The molecular weight excluding hydrogens is 322 g/mol. The number of carbonyl (C=O) groups is 2. The van der Waals surface area contributed by atoms with Gasteiger partial charge in [0.05, 0.1) is 11.4 Å². The van der Waals surface area contributed by atoms with Crippen LogP contribution in [0.2, 0.25) is 0 Å². The third kappa shape index (κ3) is 3.65. The van der Waals surface area contributed by atoms with Crippen molar-refractivity contribution in [3.63, 3.8) is 0 Å². The van der Waals surface area contributed by atoms with Gasteiger partial charge in [0.15, 0.2) is 5.58 Å². The molecule has 128 valence electrons. The van der Waals surface area contributed by atoms with E-state index in [9.17, 15) is 14.7 Å². The molecule has 2 N–H and O–H groups in total. The molecule has 0 bridgehead atoms. The van der Waals surface area contributed by atoms with Gasteiger partial charge >= 0.3 is 5.97 Å². The standard InChI is InChI=1S/C18H17N3O4/c1-2-11(18(23)24)17-13(7-5-9-19-17)20-15(22)10-16-21-12-6-3-4-8-14(12)25-16/h3-9,11H,2,10H2,1H3,(H,20,22)(H,23,24). The number of rotatable bonds is 6. The lowest BCUT2D eigenvalue weighted by atomic mass is 10.0. The average Bonchev–Trinajstić information content (AvgIpc) is 2.98. The molecule has 3 rings (SSSR count). The van der Waals surface area contributed by atoms with Gasteiger partial charge in [-0.25, -0.2) is 4.98 Å². The fourth-order valence-corrected chi connectivity index (χ4v) is 2.61. The first-order valence-corrected chi connectivity index (χ1v) is 7.90. The van der Waals surface area contributed by atoms with Crippen molar-refractivity contribution in [2.75, 3.05) is 5.32 Å². The Morgan fingerprint density at radius 1 is 1.24 bits per heavy atom. The van der Waals surface area contributed by atoms with E-state index in [2.05, 4.69) is 15.3 Å². The Hall–Kier alpha value is -3.22. The summed E-state index contributed by atoms with van der Waals surface area (Å²) in [5.74, 6) is -1.80. The number of carbonyl (C=O) groups excluding carboxylic acids is 1. The number of hydrogen-bond acceptors (Lipinski definition) is 5. The molecule has 2 aromatic heterocycles. The van der Waals surface area contributed by atoms with Crippen LogP contribution in [0.25, 0.3) is 11.1 Å². The quantitative estimate of drug-likeness (QED) is 0.715. The Balaban J connectivity index is 1.78. The number of aliphatic carboxylic acids is 1. The number of carboxylic acid groups (broad SMARTS) is 1. The number of oxazole rings is 1. The summed E-state index contributed by atoms with van der Waals surface area (Å²) in [5.41, 5.74) is 2.02. The van der Waals surface area contributed by atoms with Gasteiger partial charge in [-0.15, -0.1) is 0 Å². The van der Waals surface area contributed by atoms with Crippen LogP contribution < -0.4 is 5.32 Å². The zero-order valence-electron chi connectivity index (χ0n) is 13.6. The largest absolute Gasteiger partial charge is 0.481 e. The van der Waals surface area contributed by atoms with Gasteiger partial charge < -0.3 is 14.8 Å². The summed E-state index contributed by atoms with van der Waals surface area (Å²) in [6.45, 7) is 1.76. The van der Waals surface area contributed by atoms with Gasteiger partial charge in [-0.2, -0.15) is 0 Å². The first-order valence-electron chi connectivity index (χ1n) is 7.90. The number of anilines is 1. The lowest BCUT2D eigenvalue weighted by Crippen LogP contribution is -2.19. The van der Waals surface area contributed by atoms with E-state index in [1.165, 1.54) is 6.20 Å². The zero-order chi connectivity index (χ0) is 17.8. The summed E-state index contributed by atoms with van der Waals surface area (Å²) in [7, 11) is 0.